The largest absolute Gasteiger partial charge is 0.458 e. The monoisotopic (exact) mass is 588 g/mol. The Bertz CT molecular complexity index is 1160. The molecule has 3 heterocycles. The third-order valence-corrected chi connectivity index (χ3v) is 13.2. The molecule has 13 atom stereocenters. The van der Waals surface area contributed by atoms with E-state index in [4.69, 9.17) is 23.7 Å². The van der Waals surface area contributed by atoms with Gasteiger partial charge in [-0.1, -0.05) is 13.8 Å². The Kier molecular flexibility index (Phi) is 6.86. The maximum Gasteiger partial charge on any atom is 0.331 e. The van der Waals surface area contributed by atoms with E-state index in [0.29, 0.717) is 51.6 Å². The van der Waals surface area contributed by atoms with Crippen LogP contribution >= 0.6 is 0 Å². The lowest BCUT2D eigenvalue weighted by atomic mass is 9.41. The number of aldehydes is 1. The minimum Gasteiger partial charge on any atom is -0.458 e. The van der Waals surface area contributed by atoms with E-state index in [9.17, 15) is 19.8 Å². The summed E-state index contributed by atoms with van der Waals surface area (Å²) in [6, 6.07) is 0. The van der Waals surface area contributed by atoms with Gasteiger partial charge in [0.15, 0.2) is 12.1 Å². The fraction of sp³-hybridized carbons (Fsp3) is 0.879. The van der Waals surface area contributed by atoms with Gasteiger partial charge < -0.3 is 38.7 Å². The summed E-state index contributed by atoms with van der Waals surface area (Å²) in [6.45, 7) is 8.49. The van der Waals surface area contributed by atoms with Crippen molar-refractivity contribution in [3.05, 3.63) is 11.6 Å². The number of rotatable bonds is 5. The predicted molar refractivity (Wildman–Crippen MR) is 150 cm³/mol. The van der Waals surface area contributed by atoms with Crippen LogP contribution in [0.4, 0.5) is 0 Å². The fourth-order valence-electron chi connectivity index (χ4n) is 10.8. The van der Waals surface area contributed by atoms with Gasteiger partial charge in [-0.3, -0.25) is 0 Å². The first-order chi connectivity index (χ1) is 19.9. The third kappa shape index (κ3) is 4.02. The molecule has 4 aliphatic carbocycles. The van der Waals surface area contributed by atoms with Crippen molar-refractivity contribution in [2.24, 2.45) is 28.6 Å². The van der Waals surface area contributed by atoms with Crippen molar-refractivity contribution in [2.45, 2.75) is 146 Å². The summed E-state index contributed by atoms with van der Waals surface area (Å²) in [5.41, 5.74) is -2.44. The Morgan fingerprint density at radius 3 is 2.55 bits per heavy atom. The van der Waals surface area contributed by atoms with Crippen LogP contribution in [-0.2, 0) is 33.3 Å². The summed E-state index contributed by atoms with van der Waals surface area (Å²) in [4.78, 5) is 25.0. The first-order valence-electron chi connectivity index (χ1n) is 16.3. The molecule has 4 saturated carbocycles. The van der Waals surface area contributed by atoms with E-state index in [1.54, 1.807) is 6.08 Å². The van der Waals surface area contributed by atoms with Crippen molar-refractivity contribution in [3.8, 4) is 0 Å². The van der Waals surface area contributed by atoms with E-state index >= 15 is 0 Å². The number of ether oxygens (including phenoxy) is 5. The molecule has 0 bridgehead atoms. The van der Waals surface area contributed by atoms with Crippen LogP contribution in [0.5, 0.6) is 0 Å². The zero-order valence-corrected chi connectivity index (χ0v) is 25.5. The molecule has 0 unspecified atom stereocenters. The topological polar surface area (TPSA) is 121 Å². The molecule has 7 aliphatic rings. The molecule has 7 rings (SSSR count). The van der Waals surface area contributed by atoms with Crippen LogP contribution in [0.2, 0.25) is 0 Å². The summed E-state index contributed by atoms with van der Waals surface area (Å²) in [5.74, 6) is -0.980. The molecule has 6 fully saturated rings. The number of carbonyl (C=O) groups is 2. The van der Waals surface area contributed by atoms with Crippen molar-refractivity contribution < 1.29 is 43.5 Å². The molecular formula is C33H48O9. The molecule has 0 radical (unpaired) electrons. The highest BCUT2D eigenvalue weighted by atomic mass is 16.8. The van der Waals surface area contributed by atoms with Crippen molar-refractivity contribution in [2.75, 3.05) is 6.61 Å². The van der Waals surface area contributed by atoms with Crippen molar-refractivity contribution in [1.29, 1.82) is 0 Å². The molecule has 9 nitrogen and oxygen atoms in total. The third-order valence-electron chi connectivity index (χ3n) is 13.2. The van der Waals surface area contributed by atoms with Crippen LogP contribution in [0.1, 0.15) is 98.3 Å². The summed E-state index contributed by atoms with van der Waals surface area (Å²) in [7, 11) is 0. The Morgan fingerprint density at radius 1 is 1.05 bits per heavy atom. The minimum atomic E-state index is -1.19. The number of hydrogen-bond acceptors (Lipinski definition) is 9. The van der Waals surface area contributed by atoms with Crippen LogP contribution in [0, 0.1) is 28.6 Å². The standard InChI is InChI=1S/C33H48O9/c1-5-30(4)41-25-15-27(39-19(2)28(25)42-30)40-21-6-11-31(18-34)23-7-10-29(3)22(20-14-26(35)38-17-20)9-13-33(29,37)24(23)8-12-32(31,36)16-21/h14,18-19,21-25,27-28,36-37H,5-13,15-17H2,1-4H3/t19-,21-,22+,23-,24-,25-,27+,28+,29-,30-,31+,32+,33+/m1/s1. The molecule has 0 aromatic carbocycles. The quantitative estimate of drug-likeness (QED) is 0.279. The second-order valence-corrected chi connectivity index (χ2v) is 15.0. The van der Waals surface area contributed by atoms with Crippen LogP contribution < -0.4 is 0 Å². The molecular weight excluding hydrogens is 540 g/mol. The van der Waals surface area contributed by atoms with E-state index in [2.05, 4.69) is 6.92 Å². The summed E-state index contributed by atoms with van der Waals surface area (Å²) in [6.07, 6.45) is 8.56. The van der Waals surface area contributed by atoms with E-state index in [0.717, 1.165) is 37.5 Å². The molecule has 2 saturated heterocycles. The van der Waals surface area contributed by atoms with Gasteiger partial charge in [-0.2, -0.15) is 0 Å². The molecule has 0 amide bonds. The molecule has 9 heteroatoms. The van der Waals surface area contributed by atoms with Gasteiger partial charge in [0, 0.05) is 24.3 Å². The van der Waals surface area contributed by atoms with Gasteiger partial charge in [0.2, 0.25) is 0 Å². The van der Waals surface area contributed by atoms with E-state index in [-0.39, 0.29) is 53.6 Å². The van der Waals surface area contributed by atoms with Crippen LogP contribution in [-0.4, -0.2) is 76.8 Å². The molecule has 42 heavy (non-hydrogen) atoms. The molecule has 0 aromatic heterocycles. The van der Waals surface area contributed by atoms with Crippen LogP contribution in [0.25, 0.3) is 0 Å². The molecule has 3 aliphatic heterocycles. The second-order valence-electron chi connectivity index (χ2n) is 15.0. The number of carbonyl (C=O) groups excluding carboxylic acids is 2. The smallest absolute Gasteiger partial charge is 0.331 e. The van der Waals surface area contributed by atoms with Gasteiger partial charge >= 0.3 is 5.97 Å². The van der Waals surface area contributed by atoms with Gasteiger partial charge in [0.05, 0.1) is 34.9 Å². The molecule has 234 valence electrons. The Balaban J connectivity index is 1.07. The number of aliphatic hydroxyl groups is 2. The second kappa shape index (κ2) is 9.82. The average molecular weight is 589 g/mol. The van der Waals surface area contributed by atoms with Gasteiger partial charge in [-0.25, -0.2) is 4.79 Å². The summed E-state index contributed by atoms with van der Waals surface area (Å²) in [5, 5.41) is 24.7. The highest BCUT2D eigenvalue weighted by molar-refractivity contribution is 5.85. The van der Waals surface area contributed by atoms with E-state index in [1.807, 2.05) is 20.8 Å². The fourth-order valence-corrected chi connectivity index (χ4v) is 10.8. The lowest BCUT2D eigenvalue weighted by molar-refractivity contribution is -0.278. The molecule has 2 N–H and O–H groups in total. The Hall–Kier alpha value is -1.36. The predicted octanol–water partition coefficient (Wildman–Crippen LogP) is 3.97. The maximum atomic E-state index is 13.1. The lowest BCUT2D eigenvalue weighted by Gasteiger charge is -2.65. The van der Waals surface area contributed by atoms with Gasteiger partial charge in [-0.05, 0) is 95.0 Å². The minimum absolute atomic E-state index is 0.0744. The number of esters is 1. The van der Waals surface area contributed by atoms with Gasteiger partial charge in [0.1, 0.15) is 19.0 Å². The summed E-state index contributed by atoms with van der Waals surface area (Å²) >= 11 is 0. The zero-order valence-electron chi connectivity index (χ0n) is 25.5. The first kappa shape index (κ1) is 29.4. The SMILES string of the molecule is CC[C@@]1(C)O[C@H]2[C@@H](C)O[C@@H](O[C@@H]3CC[C@]4(C=O)[C@@H]5CC[C@]6(C)[C@H](C7=CC(=O)OC7)CC[C@]6(O)[C@@H]5CC[C@]4(O)C3)C[C@H]2O1. The van der Waals surface area contributed by atoms with Crippen molar-refractivity contribution in [1.82, 2.24) is 0 Å². The highest BCUT2D eigenvalue weighted by Crippen LogP contribution is 2.70. The normalized spacial score (nSPS) is 55.2. The van der Waals surface area contributed by atoms with Crippen LogP contribution in [0.15, 0.2) is 11.6 Å². The van der Waals surface area contributed by atoms with Crippen molar-refractivity contribution >= 4 is 12.3 Å². The number of fused-ring (bicyclic) bond motifs is 6. The first-order valence-corrected chi connectivity index (χ1v) is 16.3. The maximum absolute atomic E-state index is 13.1. The lowest BCUT2D eigenvalue weighted by Crippen LogP contribution is -2.69. The Labute approximate surface area is 248 Å². The number of hydrogen-bond donors (Lipinski definition) is 2. The Morgan fingerprint density at radius 2 is 1.83 bits per heavy atom. The summed E-state index contributed by atoms with van der Waals surface area (Å²) < 4.78 is 30.4. The van der Waals surface area contributed by atoms with Crippen LogP contribution in [0.3, 0.4) is 0 Å². The number of cyclic esters (lactones) is 1. The van der Waals surface area contributed by atoms with E-state index in [1.165, 1.54) is 0 Å². The molecule has 0 aromatic rings. The van der Waals surface area contributed by atoms with Crippen molar-refractivity contribution in [3.63, 3.8) is 0 Å². The van der Waals surface area contributed by atoms with Gasteiger partial charge in [0.25, 0.3) is 0 Å². The van der Waals surface area contributed by atoms with E-state index < -0.39 is 28.7 Å². The highest BCUT2D eigenvalue weighted by Gasteiger charge is 2.71. The van der Waals surface area contributed by atoms with Gasteiger partial charge in [-0.15, -0.1) is 0 Å². The molecule has 0 spiro atoms. The average Bonchev–Trinajstić information content (AvgIpc) is 3.61. The zero-order chi connectivity index (χ0) is 29.7.